The summed E-state index contributed by atoms with van der Waals surface area (Å²) in [4.78, 5) is 23.8. The Kier molecular flexibility index (Phi) is 4.80. The van der Waals surface area contributed by atoms with Crippen LogP contribution in [0.25, 0.3) is 0 Å². The van der Waals surface area contributed by atoms with Crippen LogP contribution in [0.3, 0.4) is 0 Å². The van der Waals surface area contributed by atoms with Crippen LogP contribution >= 0.6 is 38.9 Å². The van der Waals surface area contributed by atoms with E-state index in [4.69, 9.17) is 11.6 Å². The van der Waals surface area contributed by atoms with Crippen molar-refractivity contribution in [2.45, 2.75) is 6.04 Å². The molecule has 2 rings (SSSR count). The zero-order valence-electron chi connectivity index (χ0n) is 9.97. The Morgan fingerprint density at radius 2 is 1.95 bits per heavy atom. The smallest absolute Gasteiger partial charge is 0.330 e. The molecule has 1 amide bonds. The third-order valence-electron chi connectivity index (χ3n) is 2.54. The number of carbonyl (C=O) groups excluding carboxylic acids is 1. The minimum Gasteiger partial charge on any atom is -0.479 e. The topological polar surface area (TPSA) is 66.4 Å². The molecule has 1 heterocycles. The predicted octanol–water partition coefficient (Wildman–Crippen LogP) is 3.72. The molecule has 7 heteroatoms. The van der Waals surface area contributed by atoms with Crippen molar-refractivity contribution in [1.82, 2.24) is 5.32 Å². The second-order valence-corrected chi connectivity index (χ2v) is 6.74. The van der Waals surface area contributed by atoms with E-state index in [0.29, 0.717) is 15.5 Å². The summed E-state index contributed by atoms with van der Waals surface area (Å²) in [6.07, 6.45) is 0. The normalized spacial score (nSPS) is 11.9. The first-order valence-corrected chi connectivity index (χ1v) is 7.51. The van der Waals surface area contributed by atoms with E-state index in [0.717, 1.165) is 3.79 Å². The highest BCUT2D eigenvalue weighted by molar-refractivity contribution is 9.11. The van der Waals surface area contributed by atoms with Crippen LogP contribution in [0.5, 0.6) is 0 Å². The lowest BCUT2D eigenvalue weighted by molar-refractivity contribution is -0.139. The lowest BCUT2D eigenvalue weighted by Gasteiger charge is -2.15. The molecule has 0 bridgehead atoms. The molecule has 2 N–H and O–H groups in total. The molecule has 0 fully saturated rings. The lowest BCUT2D eigenvalue weighted by atomic mass is 10.1. The molecule has 2 aromatic rings. The molecule has 1 atom stereocenters. The minimum absolute atomic E-state index is 0.299. The Balaban J connectivity index is 2.25. The Labute approximate surface area is 132 Å². The van der Waals surface area contributed by atoms with Crippen LogP contribution in [0.15, 0.2) is 40.2 Å². The maximum absolute atomic E-state index is 12.0. The summed E-state index contributed by atoms with van der Waals surface area (Å²) >= 11 is 10.5. The van der Waals surface area contributed by atoms with Gasteiger partial charge in [0.15, 0.2) is 6.04 Å². The van der Waals surface area contributed by atoms with Crippen LogP contribution in [-0.4, -0.2) is 17.0 Å². The first-order chi connectivity index (χ1) is 9.49. The Hall–Kier alpha value is -1.37. The molecular formula is C13H9BrClNO3S. The molecule has 0 aliphatic carbocycles. The Morgan fingerprint density at radius 1 is 1.25 bits per heavy atom. The van der Waals surface area contributed by atoms with Crippen LogP contribution in [0.4, 0.5) is 0 Å². The quantitative estimate of drug-likeness (QED) is 0.857. The summed E-state index contributed by atoms with van der Waals surface area (Å²) in [6.45, 7) is 0. The van der Waals surface area contributed by atoms with Gasteiger partial charge in [-0.25, -0.2) is 4.79 Å². The standard InChI is InChI=1S/C13H9BrClNO3S/c14-10-6-5-9(20-10)12(17)16-11(13(18)19)7-3-1-2-4-8(7)15/h1-6,11H,(H,16,17)(H,18,19)/t11-/m1/s1. The van der Waals surface area contributed by atoms with Gasteiger partial charge in [0.1, 0.15) is 0 Å². The summed E-state index contributed by atoms with van der Waals surface area (Å²) in [7, 11) is 0. The highest BCUT2D eigenvalue weighted by Gasteiger charge is 2.25. The monoisotopic (exact) mass is 373 g/mol. The number of benzene rings is 1. The minimum atomic E-state index is -1.18. The van der Waals surface area contributed by atoms with E-state index in [1.165, 1.54) is 11.3 Å². The number of rotatable bonds is 4. The molecule has 0 aliphatic rings. The summed E-state index contributed by atoms with van der Waals surface area (Å²) in [5.41, 5.74) is 0.352. The van der Waals surface area contributed by atoms with Crippen molar-refractivity contribution >= 4 is 50.7 Å². The third kappa shape index (κ3) is 3.39. The van der Waals surface area contributed by atoms with E-state index in [1.807, 2.05) is 0 Å². The number of hydrogen-bond acceptors (Lipinski definition) is 3. The molecule has 0 unspecified atom stereocenters. The zero-order valence-corrected chi connectivity index (χ0v) is 13.1. The van der Waals surface area contributed by atoms with Gasteiger partial charge in [-0.2, -0.15) is 0 Å². The van der Waals surface area contributed by atoms with Gasteiger partial charge in [0.05, 0.1) is 8.66 Å². The van der Waals surface area contributed by atoms with Crippen molar-refractivity contribution in [1.29, 1.82) is 0 Å². The van der Waals surface area contributed by atoms with Crippen LogP contribution in [0.1, 0.15) is 21.3 Å². The average molecular weight is 375 g/mol. The maximum atomic E-state index is 12.0. The fourth-order valence-electron chi connectivity index (χ4n) is 1.62. The number of nitrogens with one attached hydrogen (secondary N) is 1. The van der Waals surface area contributed by atoms with Crippen LogP contribution in [0, 0.1) is 0 Å². The van der Waals surface area contributed by atoms with E-state index in [-0.39, 0.29) is 0 Å². The van der Waals surface area contributed by atoms with Crippen molar-refractivity contribution in [2.24, 2.45) is 0 Å². The van der Waals surface area contributed by atoms with Gasteiger partial charge < -0.3 is 10.4 Å². The van der Waals surface area contributed by atoms with Crippen molar-refractivity contribution in [3.63, 3.8) is 0 Å². The second-order valence-electron chi connectivity index (χ2n) is 3.87. The summed E-state index contributed by atoms with van der Waals surface area (Å²) in [5.74, 6) is -1.62. The summed E-state index contributed by atoms with van der Waals surface area (Å²) < 4.78 is 0.798. The van der Waals surface area contributed by atoms with Crippen molar-refractivity contribution in [2.75, 3.05) is 0 Å². The highest BCUT2D eigenvalue weighted by atomic mass is 79.9. The first-order valence-electron chi connectivity index (χ1n) is 5.52. The largest absolute Gasteiger partial charge is 0.479 e. The molecule has 4 nitrogen and oxygen atoms in total. The van der Waals surface area contributed by atoms with Crippen molar-refractivity contribution in [3.8, 4) is 0 Å². The second kappa shape index (κ2) is 6.39. The van der Waals surface area contributed by atoms with Crippen LogP contribution < -0.4 is 5.32 Å². The Bertz CT molecular complexity index is 659. The van der Waals surface area contributed by atoms with Gasteiger partial charge in [0.25, 0.3) is 5.91 Å². The van der Waals surface area contributed by atoms with Crippen molar-refractivity contribution in [3.05, 3.63) is 55.6 Å². The number of amides is 1. The van der Waals surface area contributed by atoms with Gasteiger partial charge in [-0.05, 0) is 34.1 Å². The van der Waals surface area contributed by atoms with Gasteiger partial charge in [0.2, 0.25) is 0 Å². The molecule has 0 spiro atoms. The maximum Gasteiger partial charge on any atom is 0.330 e. The lowest BCUT2D eigenvalue weighted by Crippen LogP contribution is -2.33. The molecular weight excluding hydrogens is 366 g/mol. The molecule has 1 aromatic heterocycles. The fourth-order valence-corrected chi connectivity index (χ4v) is 3.15. The summed E-state index contributed by atoms with van der Waals surface area (Å²) in [6, 6.07) is 8.69. The van der Waals surface area contributed by atoms with Gasteiger partial charge in [-0.1, -0.05) is 29.8 Å². The van der Waals surface area contributed by atoms with Crippen LogP contribution in [0.2, 0.25) is 5.02 Å². The number of carboxylic acids is 1. The van der Waals surface area contributed by atoms with Gasteiger partial charge in [0, 0.05) is 10.6 Å². The van der Waals surface area contributed by atoms with E-state index in [1.54, 1.807) is 36.4 Å². The van der Waals surface area contributed by atoms with Crippen molar-refractivity contribution < 1.29 is 14.7 Å². The zero-order chi connectivity index (χ0) is 14.7. The molecule has 104 valence electrons. The number of carbonyl (C=O) groups is 2. The molecule has 0 radical (unpaired) electrons. The molecule has 20 heavy (non-hydrogen) atoms. The highest BCUT2D eigenvalue weighted by Crippen LogP contribution is 2.25. The number of aliphatic carboxylic acids is 1. The average Bonchev–Trinajstić information content (AvgIpc) is 2.83. The van der Waals surface area contributed by atoms with Gasteiger partial charge in [-0.15, -0.1) is 11.3 Å². The summed E-state index contributed by atoms with van der Waals surface area (Å²) in [5, 5.41) is 12.0. The van der Waals surface area contributed by atoms with Gasteiger partial charge in [-0.3, -0.25) is 4.79 Å². The van der Waals surface area contributed by atoms with E-state index in [9.17, 15) is 14.7 Å². The molecule has 0 saturated carbocycles. The number of carboxylic acid groups (broad SMARTS) is 1. The predicted molar refractivity (Wildman–Crippen MR) is 81.3 cm³/mol. The van der Waals surface area contributed by atoms with Crippen LogP contribution in [-0.2, 0) is 4.79 Å². The van der Waals surface area contributed by atoms with E-state index in [2.05, 4.69) is 21.2 Å². The molecule has 0 saturated heterocycles. The SMILES string of the molecule is O=C(N[C@@H](C(=O)O)c1ccccc1Cl)c1ccc(Br)s1. The number of hydrogen-bond donors (Lipinski definition) is 2. The first kappa shape index (κ1) is 15.0. The number of halogens is 2. The molecule has 0 aliphatic heterocycles. The molecule has 1 aromatic carbocycles. The Morgan fingerprint density at radius 3 is 2.50 bits per heavy atom. The van der Waals surface area contributed by atoms with E-state index < -0.39 is 17.9 Å². The van der Waals surface area contributed by atoms with E-state index >= 15 is 0 Å². The third-order valence-corrected chi connectivity index (χ3v) is 4.50. The van der Waals surface area contributed by atoms with Gasteiger partial charge >= 0.3 is 5.97 Å². The fraction of sp³-hybridized carbons (Fsp3) is 0.0769. The number of thiophene rings is 1.